The molecular formula is C18H20ClFN2O3S. The quantitative estimate of drug-likeness (QED) is 0.812. The van der Waals surface area contributed by atoms with Crippen molar-refractivity contribution in [2.75, 3.05) is 32.8 Å². The molecule has 1 saturated heterocycles. The van der Waals surface area contributed by atoms with E-state index >= 15 is 0 Å². The molecule has 3 rings (SSSR count). The van der Waals surface area contributed by atoms with Crippen molar-refractivity contribution in [3.63, 3.8) is 0 Å². The van der Waals surface area contributed by atoms with Crippen LogP contribution in [-0.4, -0.2) is 46.2 Å². The fourth-order valence-electron chi connectivity index (χ4n) is 2.92. The molecule has 1 heterocycles. The second-order valence-corrected chi connectivity index (χ2v) is 8.22. The molecule has 8 heteroatoms. The fourth-order valence-corrected chi connectivity index (χ4v) is 4.08. The number of ether oxygens (including phenoxy) is 1. The van der Waals surface area contributed by atoms with Gasteiger partial charge in [0.05, 0.1) is 18.1 Å². The Morgan fingerprint density at radius 2 is 1.69 bits per heavy atom. The number of hydrogen-bond donors (Lipinski definition) is 1. The summed E-state index contributed by atoms with van der Waals surface area (Å²) < 4.78 is 46.4. The van der Waals surface area contributed by atoms with Crippen LogP contribution in [0.4, 0.5) is 4.39 Å². The van der Waals surface area contributed by atoms with Crippen molar-refractivity contribution in [2.24, 2.45) is 0 Å². The van der Waals surface area contributed by atoms with Gasteiger partial charge >= 0.3 is 0 Å². The molecule has 0 aromatic heterocycles. The van der Waals surface area contributed by atoms with Crippen molar-refractivity contribution < 1.29 is 17.5 Å². The van der Waals surface area contributed by atoms with Crippen molar-refractivity contribution in [3.05, 3.63) is 64.9 Å². The van der Waals surface area contributed by atoms with Gasteiger partial charge in [0, 0.05) is 30.7 Å². The van der Waals surface area contributed by atoms with E-state index in [1.807, 2.05) is 0 Å². The minimum atomic E-state index is -3.67. The number of halogens is 2. The van der Waals surface area contributed by atoms with E-state index in [1.165, 1.54) is 36.4 Å². The summed E-state index contributed by atoms with van der Waals surface area (Å²) in [6.45, 7) is 2.72. The number of benzene rings is 2. The maximum absolute atomic E-state index is 13.3. The van der Waals surface area contributed by atoms with Gasteiger partial charge in [0.25, 0.3) is 0 Å². The summed E-state index contributed by atoms with van der Waals surface area (Å²) in [5, 5.41) is 0.474. The Kier molecular flexibility index (Phi) is 6.26. The van der Waals surface area contributed by atoms with E-state index in [9.17, 15) is 12.8 Å². The molecular weight excluding hydrogens is 379 g/mol. The monoisotopic (exact) mass is 398 g/mol. The van der Waals surface area contributed by atoms with Crippen LogP contribution in [0.3, 0.4) is 0 Å². The second kappa shape index (κ2) is 8.45. The average molecular weight is 399 g/mol. The molecule has 0 unspecified atom stereocenters. The van der Waals surface area contributed by atoms with Crippen LogP contribution in [0, 0.1) is 5.82 Å². The summed E-state index contributed by atoms with van der Waals surface area (Å²) >= 11 is 5.82. The van der Waals surface area contributed by atoms with Gasteiger partial charge in [-0.1, -0.05) is 23.7 Å². The molecule has 2 aromatic carbocycles. The highest BCUT2D eigenvalue weighted by molar-refractivity contribution is 7.89. The fraction of sp³-hybridized carbons (Fsp3) is 0.333. The first-order valence-electron chi connectivity index (χ1n) is 8.28. The van der Waals surface area contributed by atoms with E-state index in [-0.39, 0.29) is 23.3 Å². The molecule has 1 fully saturated rings. The standard InChI is InChI=1S/C18H20ClFN2O3S/c19-15-3-7-17(8-4-15)26(23,24)21-13-18(22-9-11-25-12-10-22)14-1-5-16(20)6-2-14/h1-8,18,21H,9-13H2/t18-/m0/s1. The summed E-state index contributed by atoms with van der Waals surface area (Å²) in [6, 6.07) is 11.9. The molecule has 140 valence electrons. The maximum Gasteiger partial charge on any atom is 0.240 e. The highest BCUT2D eigenvalue weighted by Gasteiger charge is 2.25. The molecule has 5 nitrogen and oxygen atoms in total. The highest BCUT2D eigenvalue weighted by Crippen LogP contribution is 2.23. The molecule has 26 heavy (non-hydrogen) atoms. The summed E-state index contributed by atoms with van der Waals surface area (Å²) in [7, 11) is -3.67. The van der Waals surface area contributed by atoms with Gasteiger partial charge < -0.3 is 4.74 Å². The van der Waals surface area contributed by atoms with Gasteiger partial charge in [-0.2, -0.15) is 0 Å². The Labute approximate surface area is 157 Å². The number of sulfonamides is 1. The van der Waals surface area contributed by atoms with E-state index < -0.39 is 10.0 Å². The van der Waals surface area contributed by atoms with Gasteiger partial charge in [-0.25, -0.2) is 17.5 Å². The van der Waals surface area contributed by atoms with E-state index in [0.717, 1.165) is 5.56 Å². The van der Waals surface area contributed by atoms with Crippen molar-refractivity contribution >= 4 is 21.6 Å². The van der Waals surface area contributed by atoms with Crippen LogP contribution in [0.1, 0.15) is 11.6 Å². The lowest BCUT2D eigenvalue weighted by Gasteiger charge is -2.34. The lowest BCUT2D eigenvalue weighted by atomic mass is 10.0. The molecule has 1 atom stereocenters. The third-order valence-corrected chi connectivity index (χ3v) is 6.02. The van der Waals surface area contributed by atoms with Crippen molar-refractivity contribution in [2.45, 2.75) is 10.9 Å². The van der Waals surface area contributed by atoms with Gasteiger partial charge in [-0.3, -0.25) is 4.90 Å². The number of hydrogen-bond acceptors (Lipinski definition) is 4. The zero-order valence-electron chi connectivity index (χ0n) is 14.1. The molecule has 1 N–H and O–H groups in total. The topological polar surface area (TPSA) is 58.6 Å². The van der Waals surface area contributed by atoms with Crippen LogP contribution in [-0.2, 0) is 14.8 Å². The van der Waals surface area contributed by atoms with Crippen LogP contribution in [0.5, 0.6) is 0 Å². The van der Waals surface area contributed by atoms with Crippen LogP contribution >= 0.6 is 11.6 Å². The minimum Gasteiger partial charge on any atom is -0.379 e. The molecule has 2 aromatic rings. The summed E-state index contributed by atoms with van der Waals surface area (Å²) in [4.78, 5) is 2.29. The van der Waals surface area contributed by atoms with Crippen molar-refractivity contribution in [1.29, 1.82) is 0 Å². The predicted molar refractivity (Wildman–Crippen MR) is 98.2 cm³/mol. The lowest BCUT2D eigenvalue weighted by molar-refractivity contribution is 0.0172. The first-order valence-corrected chi connectivity index (χ1v) is 10.1. The molecule has 0 aliphatic carbocycles. The van der Waals surface area contributed by atoms with Crippen molar-refractivity contribution in [1.82, 2.24) is 9.62 Å². The van der Waals surface area contributed by atoms with Gasteiger partial charge in [0.1, 0.15) is 5.82 Å². The van der Waals surface area contributed by atoms with Crippen LogP contribution in [0.25, 0.3) is 0 Å². The number of nitrogens with zero attached hydrogens (tertiary/aromatic N) is 1. The number of morpholine rings is 1. The van der Waals surface area contributed by atoms with Crippen molar-refractivity contribution in [3.8, 4) is 0 Å². The Morgan fingerprint density at radius 3 is 2.31 bits per heavy atom. The summed E-state index contributed by atoms with van der Waals surface area (Å²) in [5.41, 5.74) is 0.854. The van der Waals surface area contributed by atoms with Gasteiger partial charge in [0.2, 0.25) is 10.0 Å². The summed E-state index contributed by atoms with van der Waals surface area (Å²) in [5.74, 6) is -0.323. The van der Waals surface area contributed by atoms with Crippen LogP contribution < -0.4 is 4.72 Å². The Morgan fingerprint density at radius 1 is 1.08 bits per heavy atom. The van der Waals surface area contributed by atoms with Gasteiger partial charge in [-0.15, -0.1) is 0 Å². The zero-order valence-corrected chi connectivity index (χ0v) is 15.6. The Balaban J connectivity index is 1.78. The van der Waals surface area contributed by atoms with E-state index in [2.05, 4.69) is 9.62 Å². The van der Waals surface area contributed by atoms with Crippen LogP contribution in [0.2, 0.25) is 5.02 Å². The largest absolute Gasteiger partial charge is 0.379 e. The zero-order chi connectivity index (χ0) is 18.6. The average Bonchev–Trinajstić information content (AvgIpc) is 2.64. The van der Waals surface area contributed by atoms with Gasteiger partial charge in [-0.05, 0) is 42.0 Å². The van der Waals surface area contributed by atoms with Gasteiger partial charge in [0.15, 0.2) is 0 Å². The molecule has 0 spiro atoms. The smallest absolute Gasteiger partial charge is 0.240 e. The Hall–Kier alpha value is -1.51. The molecule has 1 aliphatic heterocycles. The van der Waals surface area contributed by atoms with E-state index in [1.54, 1.807) is 12.1 Å². The lowest BCUT2D eigenvalue weighted by Crippen LogP contribution is -2.43. The molecule has 0 saturated carbocycles. The molecule has 0 bridgehead atoms. The molecule has 0 radical (unpaired) electrons. The summed E-state index contributed by atoms with van der Waals surface area (Å²) in [6.07, 6.45) is 0. The van der Waals surface area contributed by atoms with E-state index in [4.69, 9.17) is 16.3 Å². The predicted octanol–water partition coefficient (Wildman–Crippen LogP) is 2.83. The Bertz CT molecular complexity index is 823. The second-order valence-electron chi connectivity index (χ2n) is 6.02. The molecule has 1 aliphatic rings. The van der Waals surface area contributed by atoms with E-state index in [0.29, 0.717) is 31.3 Å². The van der Waals surface area contributed by atoms with Crippen LogP contribution in [0.15, 0.2) is 53.4 Å². The third kappa shape index (κ3) is 4.81. The SMILES string of the molecule is O=S(=O)(NC[C@@H](c1ccc(F)cc1)N1CCOCC1)c1ccc(Cl)cc1. The third-order valence-electron chi connectivity index (χ3n) is 4.33. The first-order chi connectivity index (χ1) is 12.5. The maximum atomic E-state index is 13.3. The highest BCUT2D eigenvalue weighted by atomic mass is 35.5. The normalized spacial score (nSPS) is 17.2. The number of nitrogens with one attached hydrogen (secondary N) is 1. The number of rotatable bonds is 6. The molecule has 0 amide bonds. The first kappa shape index (κ1) is 19.3. The minimum absolute atomic E-state index is 0.154.